The quantitative estimate of drug-likeness (QED) is 0.868. The lowest BCUT2D eigenvalue weighted by Gasteiger charge is -2.16. The molecule has 2 heteroatoms. The van der Waals surface area contributed by atoms with Gasteiger partial charge in [-0.3, -0.25) is 0 Å². The summed E-state index contributed by atoms with van der Waals surface area (Å²) in [7, 11) is 0. The predicted octanol–water partition coefficient (Wildman–Crippen LogP) is 4.46. The molecule has 0 aliphatic rings. The first-order valence-electron chi connectivity index (χ1n) is 6.00. The lowest BCUT2D eigenvalue weighted by Crippen LogP contribution is -2.03. The molecule has 18 heavy (non-hydrogen) atoms. The van der Waals surface area contributed by atoms with E-state index in [2.05, 4.69) is 41.9 Å². The van der Waals surface area contributed by atoms with Crippen LogP contribution in [-0.4, -0.2) is 5.11 Å². The maximum absolute atomic E-state index is 10.5. The fourth-order valence-corrected chi connectivity index (χ4v) is 2.55. The van der Waals surface area contributed by atoms with Gasteiger partial charge in [-0.25, -0.2) is 0 Å². The highest BCUT2D eigenvalue weighted by atomic mass is 79.9. The Morgan fingerprint density at radius 1 is 0.944 bits per heavy atom. The van der Waals surface area contributed by atoms with Crippen molar-refractivity contribution in [3.63, 3.8) is 0 Å². The van der Waals surface area contributed by atoms with Gasteiger partial charge >= 0.3 is 0 Å². The zero-order valence-corrected chi connectivity index (χ0v) is 12.5. The second-order valence-electron chi connectivity index (χ2n) is 4.75. The van der Waals surface area contributed by atoms with Crippen LogP contribution in [0.5, 0.6) is 0 Å². The minimum Gasteiger partial charge on any atom is -0.384 e. The number of aliphatic hydroxyl groups excluding tert-OH is 1. The van der Waals surface area contributed by atoms with Crippen molar-refractivity contribution in [1.29, 1.82) is 0 Å². The number of rotatable bonds is 2. The largest absolute Gasteiger partial charge is 0.384 e. The molecule has 0 saturated carbocycles. The van der Waals surface area contributed by atoms with Crippen molar-refractivity contribution < 1.29 is 5.11 Å². The third-order valence-electron chi connectivity index (χ3n) is 3.34. The molecule has 0 amide bonds. The lowest BCUT2D eigenvalue weighted by molar-refractivity contribution is 0.219. The van der Waals surface area contributed by atoms with Crippen LogP contribution in [0.2, 0.25) is 0 Å². The number of hydrogen-bond acceptors (Lipinski definition) is 1. The summed E-state index contributed by atoms with van der Waals surface area (Å²) >= 11 is 3.44. The van der Waals surface area contributed by atoms with Crippen molar-refractivity contribution in [2.45, 2.75) is 26.9 Å². The maximum Gasteiger partial charge on any atom is 0.104 e. The number of aliphatic hydroxyl groups is 1. The standard InChI is InChI=1S/C16H17BrO/c1-10-7-12(3)15(8-11(10)2)16(18)13-5-4-6-14(17)9-13/h4-9,16,18H,1-3H3. The Hall–Kier alpha value is -1.12. The van der Waals surface area contributed by atoms with Crippen LogP contribution in [0.4, 0.5) is 0 Å². The number of hydrogen-bond donors (Lipinski definition) is 1. The van der Waals surface area contributed by atoms with Gasteiger partial charge in [0.05, 0.1) is 0 Å². The third kappa shape index (κ3) is 2.65. The zero-order chi connectivity index (χ0) is 13.3. The van der Waals surface area contributed by atoms with Gasteiger partial charge in [-0.15, -0.1) is 0 Å². The molecular formula is C16H17BrO. The maximum atomic E-state index is 10.5. The van der Waals surface area contributed by atoms with E-state index in [0.717, 1.165) is 21.2 Å². The first-order chi connectivity index (χ1) is 8.49. The minimum atomic E-state index is -0.568. The van der Waals surface area contributed by atoms with E-state index in [1.807, 2.05) is 31.2 Å². The first-order valence-corrected chi connectivity index (χ1v) is 6.79. The molecule has 0 bridgehead atoms. The van der Waals surface area contributed by atoms with E-state index in [1.54, 1.807) is 0 Å². The van der Waals surface area contributed by atoms with Crippen LogP contribution in [0.3, 0.4) is 0 Å². The molecule has 1 atom stereocenters. The van der Waals surface area contributed by atoms with E-state index in [-0.39, 0.29) is 0 Å². The Balaban J connectivity index is 2.46. The molecule has 0 fully saturated rings. The molecule has 1 nitrogen and oxygen atoms in total. The van der Waals surface area contributed by atoms with Crippen LogP contribution in [-0.2, 0) is 0 Å². The van der Waals surface area contributed by atoms with Crippen molar-refractivity contribution in [3.8, 4) is 0 Å². The topological polar surface area (TPSA) is 20.2 Å². The highest BCUT2D eigenvalue weighted by Crippen LogP contribution is 2.28. The molecule has 0 heterocycles. The molecule has 0 aliphatic heterocycles. The summed E-state index contributed by atoms with van der Waals surface area (Å²) in [6, 6.07) is 12.0. The van der Waals surface area contributed by atoms with E-state index in [0.29, 0.717) is 0 Å². The molecule has 0 saturated heterocycles. The van der Waals surface area contributed by atoms with E-state index in [4.69, 9.17) is 0 Å². The molecule has 2 aromatic rings. The van der Waals surface area contributed by atoms with Gasteiger partial charge in [-0.05, 0) is 60.7 Å². The molecule has 2 rings (SSSR count). The Labute approximate surface area is 117 Å². The lowest BCUT2D eigenvalue weighted by atomic mass is 9.94. The zero-order valence-electron chi connectivity index (χ0n) is 10.9. The predicted molar refractivity (Wildman–Crippen MR) is 78.9 cm³/mol. The molecule has 0 radical (unpaired) electrons. The van der Waals surface area contributed by atoms with Crippen LogP contribution >= 0.6 is 15.9 Å². The summed E-state index contributed by atoms with van der Waals surface area (Å²) < 4.78 is 0.987. The van der Waals surface area contributed by atoms with Gasteiger partial charge in [0.2, 0.25) is 0 Å². The van der Waals surface area contributed by atoms with Gasteiger partial charge in [-0.2, -0.15) is 0 Å². The van der Waals surface area contributed by atoms with E-state index >= 15 is 0 Å². The monoisotopic (exact) mass is 304 g/mol. The molecule has 1 unspecified atom stereocenters. The second kappa shape index (κ2) is 5.25. The molecule has 2 aromatic carbocycles. The van der Waals surface area contributed by atoms with Crippen LogP contribution in [0.25, 0.3) is 0 Å². The van der Waals surface area contributed by atoms with Gasteiger partial charge in [0.25, 0.3) is 0 Å². The minimum absolute atomic E-state index is 0.568. The average molecular weight is 305 g/mol. The van der Waals surface area contributed by atoms with Crippen molar-refractivity contribution in [2.75, 3.05) is 0 Å². The summed E-state index contributed by atoms with van der Waals surface area (Å²) in [5.74, 6) is 0. The van der Waals surface area contributed by atoms with Crippen molar-refractivity contribution in [2.24, 2.45) is 0 Å². The molecule has 1 N–H and O–H groups in total. The normalized spacial score (nSPS) is 12.5. The number of aryl methyl sites for hydroxylation is 3. The van der Waals surface area contributed by atoms with Gasteiger partial charge in [0.1, 0.15) is 6.10 Å². The highest BCUT2D eigenvalue weighted by molar-refractivity contribution is 9.10. The Morgan fingerprint density at radius 3 is 2.28 bits per heavy atom. The molecule has 0 aliphatic carbocycles. The molecule has 94 valence electrons. The number of halogens is 1. The summed E-state index contributed by atoms with van der Waals surface area (Å²) in [4.78, 5) is 0. The fourth-order valence-electron chi connectivity index (χ4n) is 2.13. The van der Waals surface area contributed by atoms with E-state index in [1.165, 1.54) is 11.1 Å². The Kier molecular flexibility index (Phi) is 3.88. The summed E-state index contributed by atoms with van der Waals surface area (Å²) in [6.07, 6.45) is -0.568. The van der Waals surface area contributed by atoms with Gasteiger partial charge in [-0.1, -0.05) is 40.2 Å². The van der Waals surface area contributed by atoms with Crippen LogP contribution in [0, 0.1) is 20.8 Å². The van der Waals surface area contributed by atoms with Crippen LogP contribution in [0.15, 0.2) is 40.9 Å². The Bertz CT molecular complexity index is 575. The van der Waals surface area contributed by atoms with Crippen LogP contribution < -0.4 is 0 Å². The first kappa shape index (κ1) is 13.3. The van der Waals surface area contributed by atoms with Gasteiger partial charge < -0.3 is 5.11 Å². The van der Waals surface area contributed by atoms with Crippen molar-refractivity contribution in [1.82, 2.24) is 0 Å². The van der Waals surface area contributed by atoms with Crippen molar-refractivity contribution >= 4 is 15.9 Å². The van der Waals surface area contributed by atoms with E-state index < -0.39 is 6.10 Å². The summed E-state index contributed by atoms with van der Waals surface area (Å²) in [5, 5.41) is 10.5. The third-order valence-corrected chi connectivity index (χ3v) is 3.83. The molecule has 0 spiro atoms. The summed E-state index contributed by atoms with van der Waals surface area (Å²) in [5.41, 5.74) is 5.50. The van der Waals surface area contributed by atoms with Gasteiger partial charge in [0.15, 0.2) is 0 Å². The molecular weight excluding hydrogens is 288 g/mol. The molecule has 0 aromatic heterocycles. The van der Waals surface area contributed by atoms with Crippen LogP contribution in [0.1, 0.15) is 33.9 Å². The van der Waals surface area contributed by atoms with E-state index in [9.17, 15) is 5.11 Å². The fraction of sp³-hybridized carbons (Fsp3) is 0.250. The van der Waals surface area contributed by atoms with Gasteiger partial charge in [0, 0.05) is 4.47 Å². The average Bonchev–Trinajstić information content (AvgIpc) is 2.33. The highest BCUT2D eigenvalue weighted by Gasteiger charge is 2.14. The van der Waals surface area contributed by atoms with Crippen molar-refractivity contribution in [3.05, 3.63) is 68.7 Å². The Morgan fingerprint density at radius 2 is 1.61 bits per heavy atom. The second-order valence-corrected chi connectivity index (χ2v) is 5.67. The number of benzene rings is 2. The SMILES string of the molecule is Cc1cc(C)c(C(O)c2cccc(Br)c2)cc1C. The smallest absolute Gasteiger partial charge is 0.104 e. The summed E-state index contributed by atoms with van der Waals surface area (Å²) in [6.45, 7) is 6.21.